The summed E-state index contributed by atoms with van der Waals surface area (Å²) in [5.74, 6) is 0.944. The predicted octanol–water partition coefficient (Wildman–Crippen LogP) is 4.04. The van der Waals surface area contributed by atoms with Gasteiger partial charge in [-0.2, -0.15) is 11.8 Å². The Hall–Kier alpha value is -1.74. The molecule has 20 heavy (non-hydrogen) atoms. The summed E-state index contributed by atoms with van der Waals surface area (Å²) in [5, 5.41) is 3.02. The van der Waals surface area contributed by atoms with Crippen LogP contribution in [-0.2, 0) is 5.75 Å². The Bertz CT molecular complexity index is 551. The molecule has 0 unspecified atom stereocenters. The van der Waals surface area contributed by atoms with Gasteiger partial charge in [0.05, 0.1) is 6.04 Å². The number of nitrogens with one attached hydrogen (secondary N) is 1. The highest BCUT2D eigenvalue weighted by Gasteiger charge is 2.10. The van der Waals surface area contributed by atoms with Crippen LogP contribution < -0.4 is 5.32 Å². The van der Waals surface area contributed by atoms with Gasteiger partial charge in [0.1, 0.15) is 0 Å². The molecule has 2 nitrogen and oxygen atoms in total. The van der Waals surface area contributed by atoms with E-state index < -0.39 is 0 Å². The molecule has 0 aliphatic rings. The van der Waals surface area contributed by atoms with Crippen LogP contribution in [0.1, 0.15) is 34.5 Å². The van der Waals surface area contributed by atoms with E-state index in [2.05, 4.69) is 11.6 Å². The van der Waals surface area contributed by atoms with Crippen LogP contribution in [0.4, 0.5) is 0 Å². The van der Waals surface area contributed by atoms with Gasteiger partial charge in [-0.3, -0.25) is 4.79 Å². The second kappa shape index (κ2) is 7.15. The first kappa shape index (κ1) is 14.7. The molecule has 104 valence electrons. The maximum absolute atomic E-state index is 12.2. The van der Waals surface area contributed by atoms with Crippen LogP contribution in [-0.4, -0.2) is 12.2 Å². The van der Waals surface area contributed by atoms with E-state index in [4.69, 9.17) is 0 Å². The fourth-order valence-corrected chi connectivity index (χ4v) is 2.55. The Balaban J connectivity index is 2.01. The van der Waals surface area contributed by atoms with Gasteiger partial charge in [0.25, 0.3) is 5.91 Å². The third-order valence-electron chi connectivity index (χ3n) is 3.17. The molecule has 0 aromatic heterocycles. The van der Waals surface area contributed by atoms with Crippen molar-refractivity contribution in [1.29, 1.82) is 0 Å². The van der Waals surface area contributed by atoms with E-state index in [1.54, 1.807) is 11.8 Å². The summed E-state index contributed by atoms with van der Waals surface area (Å²) in [6.45, 7) is 2.00. The molecule has 0 radical (unpaired) electrons. The summed E-state index contributed by atoms with van der Waals surface area (Å²) < 4.78 is 0. The molecule has 1 amide bonds. The van der Waals surface area contributed by atoms with Gasteiger partial charge in [0.2, 0.25) is 0 Å². The highest BCUT2D eigenvalue weighted by molar-refractivity contribution is 7.97. The number of hydrogen-bond acceptors (Lipinski definition) is 2. The summed E-state index contributed by atoms with van der Waals surface area (Å²) in [6.07, 6.45) is 2.07. The Morgan fingerprint density at radius 1 is 1.10 bits per heavy atom. The standard InChI is InChI=1S/C17H19NOS/c1-13(15-6-4-3-5-7-15)18-17(19)16-10-8-14(9-11-16)12-20-2/h3-11,13H,12H2,1-2H3,(H,18,19)/t13-/m1/s1. The molecule has 0 fully saturated rings. The highest BCUT2D eigenvalue weighted by Crippen LogP contribution is 2.14. The van der Waals surface area contributed by atoms with Crippen molar-refractivity contribution in [1.82, 2.24) is 5.32 Å². The van der Waals surface area contributed by atoms with E-state index in [0.717, 1.165) is 11.3 Å². The fraction of sp³-hybridized carbons (Fsp3) is 0.235. The second-order valence-electron chi connectivity index (χ2n) is 4.74. The molecule has 0 saturated carbocycles. The zero-order chi connectivity index (χ0) is 14.4. The molecule has 0 bridgehead atoms. The minimum atomic E-state index is -0.0305. The van der Waals surface area contributed by atoms with E-state index in [9.17, 15) is 4.79 Å². The highest BCUT2D eigenvalue weighted by atomic mass is 32.2. The Morgan fingerprint density at radius 3 is 2.35 bits per heavy atom. The van der Waals surface area contributed by atoms with Crippen molar-refractivity contribution in [3.05, 3.63) is 71.3 Å². The zero-order valence-electron chi connectivity index (χ0n) is 11.8. The molecule has 0 saturated heterocycles. The molecular weight excluding hydrogens is 266 g/mol. The number of benzene rings is 2. The quantitative estimate of drug-likeness (QED) is 0.898. The van der Waals surface area contributed by atoms with E-state index >= 15 is 0 Å². The molecule has 0 aliphatic heterocycles. The van der Waals surface area contributed by atoms with Crippen molar-refractivity contribution in [2.24, 2.45) is 0 Å². The van der Waals surface area contributed by atoms with Gasteiger partial charge in [-0.05, 0) is 36.4 Å². The Morgan fingerprint density at radius 2 is 1.75 bits per heavy atom. The van der Waals surface area contributed by atoms with Gasteiger partial charge < -0.3 is 5.32 Å². The lowest BCUT2D eigenvalue weighted by Gasteiger charge is -2.14. The number of rotatable bonds is 5. The summed E-state index contributed by atoms with van der Waals surface area (Å²) >= 11 is 1.78. The first-order valence-electron chi connectivity index (χ1n) is 6.64. The van der Waals surface area contributed by atoms with Crippen LogP contribution in [0.25, 0.3) is 0 Å². The van der Waals surface area contributed by atoms with Crippen LogP contribution in [0.5, 0.6) is 0 Å². The first-order valence-corrected chi connectivity index (χ1v) is 8.04. The number of hydrogen-bond donors (Lipinski definition) is 1. The predicted molar refractivity (Wildman–Crippen MR) is 86.0 cm³/mol. The summed E-state index contributed by atoms with van der Waals surface area (Å²) in [7, 11) is 0. The van der Waals surface area contributed by atoms with E-state index in [1.807, 2.05) is 61.5 Å². The third-order valence-corrected chi connectivity index (χ3v) is 3.80. The number of amides is 1. The SMILES string of the molecule is CSCc1ccc(C(=O)N[C@H](C)c2ccccc2)cc1. The number of carbonyl (C=O) groups is 1. The normalized spacial score (nSPS) is 11.9. The lowest BCUT2D eigenvalue weighted by Crippen LogP contribution is -2.26. The molecular formula is C17H19NOS. The monoisotopic (exact) mass is 285 g/mol. The molecule has 3 heteroatoms. The Labute approximate surface area is 124 Å². The zero-order valence-corrected chi connectivity index (χ0v) is 12.6. The smallest absolute Gasteiger partial charge is 0.251 e. The fourth-order valence-electron chi connectivity index (χ4n) is 2.02. The summed E-state index contributed by atoms with van der Waals surface area (Å²) in [6, 6.07) is 17.8. The topological polar surface area (TPSA) is 29.1 Å². The van der Waals surface area contributed by atoms with Crippen molar-refractivity contribution in [2.45, 2.75) is 18.7 Å². The molecule has 0 aliphatic carbocycles. The number of thioether (sulfide) groups is 1. The van der Waals surface area contributed by atoms with Crippen molar-refractivity contribution in [3.8, 4) is 0 Å². The van der Waals surface area contributed by atoms with Gasteiger partial charge >= 0.3 is 0 Å². The molecule has 1 N–H and O–H groups in total. The van der Waals surface area contributed by atoms with Gasteiger partial charge in [-0.25, -0.2) is 0 Å². The molecule has 0 heterocycles. The maximum atomic E-state index is 12.2. The minimum Gasteiger partial charge on any atom is -0.346 e. The van der Waals surface area contributed by atoms with Crippen molar-refractivity contribution in [3.63, 3.8) is 0 Å². The van der Waals surface area contributed by atoms with Crippen LogP contribution >= 0.6 is 11.8 Å². The maximum Gasteiger partial charge on any atom is 0.251 e. The largest absolute Gasteiger partial charge is 0.346 e. The Kier molecular flexibility index (Phi) is 5.24. The van der Waals surface area contributed by atoms with E-state index in [-0.39, 0.29) is 11.9 Å². The van der Waals surface area contributed by atoms with Gasteiger partial charge in [-0.15, -0.1) is 0 Å². The van der Waals surface area contributed by atoms with Crippen molar-refractivity contribution >= 4 is 17.7 Å². The molecule has 1 atom stereocenters. The van der Waals surface area contributed by atoms with Gasteiger partial charge in [0.15, 0.2) is 0 Å². The molecule has 2 rings (SSSR count). The summed E-state index contributed by atoms with van der Waals surface area (Å²) in [5.41, 5.74) is 3.06. The lowest BCUT2D eigenvalue weighted by molar-refractivity contribution is 0.0940. The molecule has 2 aromatic carbocycles. The van der Waals surface area contributed by atoms with Gasteiger partial charge in [-0.1, -0.05) is 42.5 Å². The van der Waals surface area contributed by atoms with Crippen LogP contribution in [0.3, 0.4) is 0 Å². The van der Waals surface area contributed by atoms with Crippen molar-refractivity contribution in [2.75, 3.05) is 6.26 Å². The third kappa shape index (κ3) is 3.87. The first-order chi connectivity index (χ1) is 9.70. The molecule has 2 aromatic rings. The second-order valence-corrected chi connectivity index (χ2v) is 5.60. The van der Waals surface area contributed by atoms with E-state index in [1.165, 1.54) is 5.56 Å². The van der Waals surface area contributed by atoms with Crippen LogP contribution in [0.2, 0.25) is 0 Å². The van der Waals surface area contributed by atoms with Crippen LogP contribution in [0, 0.1) is 0 Å². The van der Waals surface area contributed by atoms with Crippen molar-refractivity contribution < 1.29 is 4.79 Å². The minimum absolute atomic E-state index is 0.00886. The van der Waals surface area contributed by atoms with E-state index in [0.29, 0.717) is 5.56 Å². The van der Waals surface area contributed by atoms with Crippen LogP contribution in [0.15, 0.2) is 54.6 Å². The van der Waals surface area contributed by atoms with Gasteiger partial charge in [0, 0.05) is 11.3 Å². The number of carbonyl (C=O) groups excluding carboxylic acids is 1. The lowest BCUT2D eigenvalue weighted by atomic mass is 10.1. The summed E-state index contributed by atoms with van der Waals surface area (Å²) in [4.78, 5) is 12.2. The average molecular weight is 285 g/mol. The average Bonchev–Trinajstić information content (AvgIpc) is 2.49. The molecule has 0 spiro atoms.